The van der Waals surface area contributed by atoms with Gasteiger partial charge >= 0.3 is 5.97 Å². The van der Waals surface area contributed by atoms with Gasteiger partial charge in [0.1, 0.15) is 5.82 Å². The van der Waals surface area contributed by atoms with E-state index in [1.807, 2.05) is 0 Å². The van der Waals surface area contributed by atoms with Crippen molar-refractivity contribution in [2.24, 2.45) is 5.92 Å². The largest absolute Gasteiger partial charge is 0.481 e. The number of aliphatic hydroxyl groups is 1. The molecule has 0 heterocycles. The maximum absolute atomic E-state index is 13.0. The lowest BCUT2D eigenvalue weighted by Gasteiger charge is -2.13. The van der Waals surface area contributed by atoms with E-state index in [1.165, 1.54) is 18.2 Å². The first-order valence-corrected chi connectivity index (χ1v) is 4.70. The predicted molar refractivity (Wildman–Crippen MR) is 50.9 cm³/mol. The molecule has 1 aromatic rings. The Kier molecular flexibility index (Phi) is 2.23. The molecule has 2 rings (SSSR count). The number of rotatable bonds is 3. The van der Waals surface area contributed by atoms with E-state index in [9.17, 15) is 14.3 Å². The Labute approximate surface area is 86.2 Å². The number of halogens is 1. The zero-order chi connectivity index (χ0) is 11.1. The molecule has 1 aromatic carbocycles. The van der Waals surface area contributed by atoms with E-state index < -0.39 is 23.1 Å². The fourth-order valence-corrected chi connectivity index (χ4v) is 2.01. The minimum Gasteiger partial charge on any atom is -0.481 e. The zero-order valence-corrected chi connectivity index (χ0v) is 7.98. The third kappa shape index (κ3) is 1.51. The molecule has 0 saturated heterocycles. The van der Waals surface area contributed by atoms with E-state index in [-0.39, 0.29) is 6.61 Å². The summed E-state index contributed by atoms with van der Waals surface area (Å²) in [6, 6.07) is 5.77. The average molecular weight is 210 g/mol. The van der Waals surface area contributed by atoms with Gasteiger partial charge in [0.05, 0.1) is 12.5 Å². The molecular weight excluding hydrogens is 199 g/mol. The molecule has 0 radical (unpaired) electrons. The highest BCUT2D eigenvalue weighted by Crippen LogP contribution is 2.54. The van der Waals surface area contributed by atoms with Crippen molar-refractivity contribution in [2.75, 3.05) is 6.61 Å². The molecule has 15 heavy (non-hydrogen) atoms. The third-order valence-electron chi connectivity index (χ3n) is 3.06. The number of benzene rings is 1. The molecule has 0 unspecified atom stereocenters. The van der Waals surface area contributed by atoms with E-state index in [2.05, 4.69) is 0 Å². The molecule has 0 aliphatic heterocycles. The van der Waals surface area contributed by atoms with Crippen molar-refractivity contribution in [1.82, 2.24) is 0 Å². The van der Waals surface area contributed by atoms with Gasteiger partial charge in [-0.05, 0) is 24.1 Å². The van der Waals surface area contributed by atoms with Gasteiger partial charge in [-0.25, -0.2) is 4.39 Å². The molecule has 0 aromatic heterocycles. The molecule has 4 heteroatoms. The quantitative estimate of drug-likeness (QED) is 0.787. The van der Waals surface area contributed by atoms with Gasteiger partial charge in [-0.1, -0.05) is 12.1 Å². The number of carboxylic acid groups (broad SMARTS) is 1. The predicted octanol–water partition coefficient (Wildman–Crippen LogP) is 1.16. The molecule has 1 aliphatic carbocycles. The minimum atomic E-state index is -0.937. The smallest absolute Gasteiger partial charge is 0.307 e. The minimum absolute atomic E-state index is 0.257. The number of aliphatic hydroxyl groups excluding tert-OH is 1. The number of hydrogen-bond donors (Lipinski definition) is 2. The summed E-state index contributed by atoms with van der Waals surface area (Å²) >= 11 is 0. The standard InChI is InChI=1S/C11H11FO3/c12-8-3-1-2-7(4-8)11(6-13)5-9(11)10(14)15/h1-4,9,13H,5-6H2,(H,14,15)/t9-,11+/m0/s1. The van der Waals surface area contributed by atoms with Crippen LogP contribution in [0.4, 0.5) is 4.39 Å². The first-order chi connectivity index (χ1) is 7.10. The van der Waals surface area contributed by atoms with Gasteiger partial charge in [0.15, 0.2) is 0 Å². The fourth-order valence-electron chi connectivity index (χ4n) is 2.01. The number of hydrogen-bond acceptors (Lipinski definition) is 2. The van der Waals surface area contributed by atoms with Gasteiger partial charge in [-0.2, -0.15) is 0 Å². The van der Waals surface area contributed by atoms with Crippen LogP contribution in [0, 0.1) is 11.7 Å². The lowest BCUT2D eigenvalue weighted by atomic mass is 9.94. The summed E-state index contributed by atoms with van der Waals surface area (Å²) in [6.07, 6.45) is 0.377. The Bertz CT molecular complexity index is 405. The molecule has 1 fully saturated rings. The van der Waals surface area contributed by atoms with E-state index in [4.69, 9.17) is 5.11 Å². The second kappa shape index (κ2) is 3.31. The Morgan fingerprint density at radius 2 is 2.33 bits per heavy atom. The van der Waals surface area contributed by atoms with Crippen LogP contribution in [0.2, 0.25) is 0 Å². The Morgan fingerprint density at radius 3 is 2.80 bits per heavy atom. The number of carboxylic acids is 1. The number of aliphatic carboxylic acids is 1. The molecule has 0 amide bonds. The summed E-state index contributed by atoms with van der Waals surface area (Å²) in [5, 5.41) is 18.1. The second-order valence-electron chi connectivity index (χ2n) is 3.92. The van der Waals surface area contributed by atoms with Crippen molar-refractivity contribution in [3.05, 3.63) is 35.6 Å². The van der Waals surface area contributed by atoms with Crippen molar-refractivity contribution in [1.29, 1.82) is 0 Å². The lowest BCUT2D eigenvalue weighted by molar-refractivity contribution is -0.139. The maximum atomic E-state index is 13.0. The Hall–Kier alpha value is -1.42. The van der Waals surface area contributed by atoms with Crippen LogP contribution in [0.15, 0.2) is 24.3 Å². The molecule has 2 N–H and O–H groups in total. The monoisotopic (exact) mass is 210 g/mol. The molecule has 3 nitrogen and oxygen atoms in total. The highest BCUT2D eigenvalue weighted by Gasteiger charge is 2.59. The summed E-state index contributed by atoms with van der Waals surface area (Å²) in [4.78, 5) is 10.8. The first-order valence-electron chi connectivity index (χ1n) is 4.70. The lowest BCUT2D eigenvalue weighted by Crippen LogP contribution is -2.19. The van der Waals surface area contributed by atoms with Crippen molar-refractivity contribution in [3.8, 4) is 0 Å². The zero-order valence-electron chi connectivity index (χ0n) is 7.98. The highest BCUT2D eigenvalue weighted by atomic mass is 19.1. The average Bonchev–Trinajstić information content (AvgIpc) is 2.93. The van der Waals surface area contributed by atoms with Gasteiger partial charge in [0, 0.05) is 5.41 Å². The van der Waals surface area contributed by atoms with Crippen LogP contribution in [-0.2, 0) is 10.2 Å². The Balaban J connectivity index is 2.34. The number of carbonyl (C=O) groups is 1. The molecule has 1 aliphatic rings. The summed E-state index contributed by atoms with van der Waals surface area (Å²) < 4.78 is 13.0. The van der Waals surface area contributed by atoms with Gasteiger partial charge < -0.3 is 10.2 Å². The molecular formula is C11H11FO3. The highest BCUT2D eigenvalue weighted by molar-refractivity contribution is 5.77. The van der Waals surface area contributed by atoms with Crippen molar-refractivity contribution >= 4 is 5.97 Å². The van der Waals surface area contributed by atoms with E-state index in [0.29, 0.717) is 12.0 Å². The van der Waals surface area contributed by atoms with Crippen molar-refractivity contribution in [3.63, 3.8) is 0 Å². The topological polar surface area (TPSA) is 57.5 Å². The van der Waals surface area contributed by atoms with Gasteiger partial charge in [-0.3, -0.25) is 4.79 Å². The molecule has 0 spiro atoms. The van der Waals surface area contributed by atoms with Gasteiger partial charge in [0.25, 0.3) is 0 Å². The SMILES string of the molecule is O=C(O)[C@@H]1C[C@@]1(CO)c1cccc(F)c1. The molecule has 2 atom stereocenters. The van der Waals surface area contributed by atoms with E-state index in [0.717, 1.165) is 0 Å². The van der Waals surface area contributed by atoms with Gasteiger partial charge in [0.2, 0.25) is 0 Å². The summed E-state index contributed by atoms with van der Waals surface area (Å²) in [6.45, 7) is -0.257. The summed E-state index contributed by atoms with van der Waals surface area (Å²) in [5.74, 6) is -1.94. The third-order valence-corrected chi connectivity index (χ3v) is 3.06. The van der Waals surface area contributed by atoms with Crippen LogP contribution in [0.3, 0.4) is 0 Å². The van der Waals surface area contributed by atoms with Crippen LogP contribution >= 0.6 is 0 Å². The van der Waals surface area contributed by atoms with Crippen LogP contribution < -0.4 is 0 Å². The van der Waals surface area contributed by atoms with Gasteiger partial charge in [-0.15, -0.1) is 0 Å². The first kappa shape index (κ1) is 10.1. The van der Waals surface area contributed by atoms with Crippen LogP contribution in [0.1, 0.15) is 12.0 Å². The fraction of sp³-hybridized carbons (Fsp3) is 0.364. The van der Waals surface area contributed by atoms with Crippen molar-refractivity contribution < 1.29 is 19.4 Å². The molecule has 0 bridgehead atoms. The summed E-state index contributed by atoms with van der Waals surface area (Å²) in [7, 11) is 0. The normalized spacial score (nSPS) is 28.8. The summed E-state index contributed by atoms with van der Waals surface area (Å²) in [5.41, 5.74) is -0.203. The van der Waals surface area contributed by atoms with Crippen LogP contribution in [0.5, 0.6) is 0 Å². The van der Waals surface area contributed by atoms with E-state index in [1.54, 1.807) is 6.07 Å². The van der Waals surface area contributed by atoms with Crippen LogP contribution in [-0.4, -0.2) is 22.8 Å². The van der Waals surface area contributed by atoms with Crippen LogP contribution in [0.25, 0.3) is 0 Å². The molecule has 1 saturated carbocycles. The van der Waals surface area contributed by atoms with E-state index >= 15 is 0 Å². The molecule has 80 valence electrons. The second-order valence-corrected chi connectivity index (χ2v) is 3.92. The Morgan fingerprint density at radius 1 is 1.60 bits per heavy atom. The maximum Gasteiger partial charge on any atom is 0.307 e. The van der Waals surface area contributed by atoms with Crippen molar-refractivity contribution in [2.45, 2.75) is 11.8 Å².